The SMILES string of the molecule is Cn1[c]cc(=O)[nH]c1=O. The number of hydrogen-bond acceptors (Lipinski definition) is 2. The molecule has 47 valence electrons. The number of aromatic nitrogens is 2. The van der Waals surface area contributed by atoms with Gasteiger partial charge in [-0.15, -0.1) is 0 Å². The fraction of sp³-hybridized carbons (Fsp3) is 0.200. The zero-order valence-electron chi connectivity index (χ0n) is 4.84. The van der Waals surface area contributed by atoms with Gasteiger partial charge in [0.05, 0.1) is 6.20 Å². The van der Waals surface area contributed by atoms with Crippen molar-refractivity contribution in [1.29, 1.82) is 0 Å². The average molecular weight is 125 g/mol. The number of H-pyrrole nitrogens is 1. The predicted molar refractivity (Wildman–Crippen MR) is 31.1 cm³/mol. The Labute approximate surface area is 50.8 Å². The molecule has 4 nitrogen and oxygen atoms in total. The molecule has 0 aliphatic carbocycles. The molecule has 0 fully saturated rings. The number of nitrogens with zero attached hydrogens (tertiary/aromatic N) is 1. The van der Waals surface area contributed by atoms with Gasteiger partial charge in [0.2, 0.25) is 0 Å². The lowest BCUT2D eigenvalue weighted by Crippen LogP contribution is -2.26. The van der Waals surface area contributed by atoms with Gasteiger partial charge in [0.25, 0.3) is 5.56 Å². The topological polar surface area (TPSA) is 54.9 Å². The second-order valence-electron chi connectivity index (χ2n) is 1.63. The van der Waals surface area contributed by atoms with Crippen LogP contribution in [-0.4, -0.2) is 9.55 Å². The second-order valence-corrected chi connectivity index (χ2v) is 1.63. The highest BCUT2D eigenvalue weighted by molar-refractivity contribution is 4.78. The van der Waals surface area contributed by atoms with Crippen LogP contribution in [0.15, 0.2) is 15.7 Å². The van der Waals surface area contributed by atoms with Crippen LogP contribution in [0.5, 0.6) is 0 Å². The highest BCUT2D eigenvalue weighted by Gasteiger charge is 1.86. The molecule has 0 spiro atoms. The Morgan fingerprint density at radius 1 is 1.67 bits per heavy atom. The summed E-state index contributed by atoms with van der Waals surface area (Å²) >= 11 is 0. The van der Waals surface area contributed by atoms with Crippen molar-refractivity contribution >= 4 is 0 Å². The van der Waals surface area contributed by atoms with Gasteiger partial charge in [-0.25, -0.2) is 4.79 Å². The van der Waals surface area contributed by atoms with Crippen molar-refractivity contribution in [2.24, 2.45) is 7.05 Å². The molecule has 1 rings (SSSR count). The van der Waals surface area contributed by atoms with Crippen molar-refractivity contribution in [3.63, 3.8) is 0 Å². The fourth-order valence-corrected chi connectivity index (χ4v) is 0.439. The third kappa shape index (κ3) is 1.07. The Morgan fingerprint density at radius 2 is 2.33 bits per heavy atom. The summed E-state index contributed by atoms with van der Waals surface area (Å²) in [5.74, 6) is 0. The highest BCUT2D eigenvalue weighted by Crippen LogP contribution is 1.59. The van der Waals surface area contributed by atoms with E-state index in [-0.39, 0.29) is 0 Å². The zero-order chi connectivity index (χ0) is 6.85. The van der Waals surface area contributed by atoms with Crippen LogP contribution in [0.1, 0.15) is 0 Å². The maximum absolute atomic E-state index is 10.5. The van der Waals surface area contributed by atoms with Crippen molar-refractivity contribution in [2.45, 2.75) is 0 Å². The molecule has 1 aromatic rings. The zero-order valence-corrected chi connectivity index (χ0v) is 4.84. The van der Waals surface area contributed by atoms with Gasteiger partial charge >= 0.3 is 5.69 Å². The quantitative estimate of drug-likeness (QED) is 0.477. The maximum atomic E-state index is 10.5. The third-order valence-corrected chi connectivity index (χ3v) is 0.924. The molecule has 4 heteroatoms. The van der Waals surface area contributed by atoms with Crippen molar-refractivity contribution in [2.75, 3.05) is 0 Å². The number of aromatic amines is 1. The Hall–Kier alpha value is -1.32. The molecule has 9 heavy (non-hydrogen) atoms. The molecule has 0 aliphatic heterocycles. The van der Waals surface area contributed by atoms with E-state index in [1.54, 1.807) is 0 Å². The molecule has 0 atom stereocenters. The summed E-state index contributed by atoms with van der Waals surface area (Å²) in [5.41, 5.74) is -0.861. The second kappa shape index (κ2) is 1.89. The average Bonchev–Trinajstić information content (AvgIpc) is 1.80. The normalized spacial score (nSPS) is 9.44. The smallest absolute Gasteiger partial charge is 0.295 e. The number of rotatable bonds is 0. The first-order valence-corrected chi connectivity index (χ1v) is 2.38. The molecule has 0 amide bonds. The van der Waals surface area contributed by atoms with E-state index in [4.69, 9.17) is 0 Å². The van der Waals surface area contributed by atoms with E-state index in [0.29, 0.717) is 0 Å². The minimum Gasteiger partial charge on any atom is -0.295 e. The summed E-state index contributed by atoms with van der Waals surface area (Å²) in [5, 5.41) is 0. The van der Waals surface area contributed by atoms with Crippen LogP contribution in [0.4, 0.5) is 0 Å². The van der Waals surface area contributed by atoms with E-state index < -0.39 is 11.2 Å². The van der Waals surface area contributed by atoms with Gasteiger partial charge in [-0.3, -0.25) is 14.3 Å². The highest BCUT2D eigenvalue weighted by atomic mass is 16.2. The number of hydrogen-bond donors (Lipinski definition) is 1. The maximum Gasteiger partial charge on any atom is 0.328 e. The van der Waals surface area contributed by atoms with Gasteiger partial charge in [0, 0.05) is 13.1 Å². The van der Waals surface area contributed by atoms with E-state index >= 15 is 0 Å². The molecule has 1 aromatic heterocycles. The summed E-state index contributed by atoms with van der Waals surface area (Å²) in [7, 11) is 1.51. The van der Waals surface area contributed by atoms with E-state index in [9.17, 15) is 9.59 Å². The molecule has 0 aliphatic rings. The van der Waals surface area contributed by atoms with Crippen LogP contribution in [0.3, 0.4) is 0 Å². The van der Waals surface area contributed by atoms with Gasteiger partial charge in [-0.2, -0.15) is 0 Å². The minimum absolute atomic E-state index is 0.418. The first-order chi connectivity index (χ1) is 4.20. The fourth-order valence-electron chi connectivity index (χ4n) is 0.439. The van der Waals surface area contributed by atoms with Crippen LogP contribution in [0.25, 0.3) is 0 Å². The Kier molecular flexibility index (Phi) is 1.22. The van der Waals surface area contributed by atoms with Crippen LogP contribution in [-0.2, 0) is 7.05 Å². The van der Waals surface area contributed by atoms with Crippen molar-refractivity contribution in [3.05, 3.63) is 33.1 Å². The summed E-state index contributed by atoms with van der Waals surface area (Å²) in [4.78, 5) is 22.9. The van der Waals surface area contributed by atoms with Gasteiger partial charge in [-0.1, -0.05) is 0 Å². The van der Waals surface area contributed by atoms with E-state index in [1.807, 2.05) is 0 Å². The lowest BCUT2D eigenvalue weighted by molar-refractivity contribution is 0.792. The molecule has 1 N–H and O–H groups in total. The molecule has 0 bridgehead atoms. The number of nitrogens with one attached hydrogen (secondary N) is 1. The largest absolute Gasteiger partial charge is 0.328 e. The molecule has 1 heterocycles. The summed E-state index contributed by atoms with van der Waals surface area (Å²) in [6.07, 6.45) is 2.43. The van der Waals surface area contributed by atoms with Crippen LogP contribution < -0.4 is 11.2 Å². The molecule has 0 saturated heterocycles. The molecular weight excluding hydrogens is 120 g/mol. The molecular formula is C5H5N2O2. The molecule has 1 radical (unpaired) electrons. The summed E-state index contributed by atoms with van der Waals surface area (Å²) in [6.45, 7) is 0. The Balaban J connectivity index is 3.52. The van der Waals surface area contributed by atoms with Gasteiger partial charge in [-0.05, 0) is 0 Å². The number of aryl methyl sites for hydroxylation is 1. The summed E-state index contributed by atoms with van der Waals surface area (Å²) < 4.78 is 1.17. The van der Waals surface area contributed by atoms with Crippen molar-refractivity contribution in [3.8, 4) is 0 Å². The van der Waals surface area contributed by atoms with Gasteiger partial charge in [0.1, 0.15) is 0 Å². The van der Waals surface area contributed by atoms with E-state index in [1.165, 1.54) is 17.7 Å². The summed E-state index contributed by atoms with van der Waals surface area (Å²) in [6, 6.07) is 1.17. The van der Waals surface area contributed by atoms with Crippen LogP contribution in [0.2, 0.25) is 0 Å². The Morgan fingerprint density at radius 3 is 2.78 bits per heavy atom. The Bertz CT molecular complexity index is 309. The van der Waals surface area contributed by atoms with Crippen LogP contribution >= 0.6 is 0 Å². The van der Waals surface area contributed by atoms with E-state index in [2.05, 4.69) is 11.2 Å². The monoisotopic (exact) mass is 125 g/mol. The molecule has 0 saturated carbocycles. The van der Waals surface area contributed by atoms with Crippen LogP contribution in [0, 0.1) is 6.20 Å². The lowest BCUT2D eigenvalue weighted by Gasteiger charge is -1.88. The van der Waals surface area contributed by atoms with Crippen molar-refractivity contribution < 1.29 is 0 Å². The van der Waals surface area contributed by atoms with E-state index in [0.717, 1.165) is 0 Å². The minimum atomic E-state index is -0.442. The van der Waals surface area contributed by atoms with Gasteiger partial charge < -0.3 is 0 Å². The first kappa shape index (κ1) is 5.81. The van der Waals surface area contributed by atoms with Gasteiger partial charge in [0.15, 0.2) is 0 Å². The first-order valence-electron chi connectivity index (χ1n) is 2.38. The molecule has 0 aromatic carbocycles. The standard InChI is InChI=1S/C5H5N2O2/c1-7-3-2-4(8)6-5(7)9/h2H,1H3,(H,6,8,9). The lowest BCUT2D eigenvalue weighted by atomic mass is 10.6. The molecule has 0 unspecified atom stereocenters. The predicted octanol–water partition coefficient (Wildman–Crippen LogP) is -1.13. The third-order valence-electron chi connectivity index (χ3n) is 0.924. The van der Waals surface area contributed by atoms with Crippen molar-refractivity contribution in [1.82, 2.24) is 9.55 Å².